The molecule has 0 spiro atoms. The van der Waals surface area contributed by atoms with Crippen molar-refractivity contribution in [2.75, 3.05) is 12.3 Å². The number of anilines is 1. The Hall–Kier alpha value is -4.31. The van der Waals surface area contributed by atoms with E-state index in [2.05, 4.69) is 26.0 Å². The van der Waals surface area contributed by atoms with Crippen molar-refractivity contribution < 1.29 is 33.0 Å². The second-order valence-corrected chi connectivity index (χ2v) is 12.2. The molecule has 1 aliphatic rings. The van der Waals surface area contributed by atoms with Crippen LogP contribution in [0.15, 0.2) is 73.3 Å². The topological polar surface area (TPSA) is 173 Å². The lowest BCUT2D eigenvalue weighted by molar-refractivity contribution is -0.149. The van der Waals surface area contributed by atoms with Crippen LogP contribution in [0.1, 0.15) is 32.1 Å². The molecule has 2 aromatic heterocycles. The molecule has 1 saturated heterocycles. The summed E-state index contributed by atoms with van der Waals surface area (Å²) in [4.78, 5) is 25.6. The van der Waals surface area contributed by atoms with Crippen LogP contribution in [0.25, 0.3) is 11.2 Å². The summed E-state index contributed by atoms with van der Waals surface area (Å²) in [6.07, 6.45) is 6.32. The van der Waals surface area contributed by atoms with Crippen molar-refractivity contribution in [3.8, 4) is 18.1 Å². The number of imidazole rings is 1. The average Bonchev–Trinajstić information content (AvgIpc) is 3.58. The number of rotatable bonds is 12. The number of hydrogen-bond acceptors (Lipinski definition) is 11. The average molecular weight is 621 g/mol. The first-order valence-electron chi connectivity index (χ1n) is 13.9. The molecule has 4 aromatic rings. The number of aliphatic hydroxyl groups is 1. The van der Waals surface area contributed by atoms with E-state index < -0.39 is 50.4 Å². The molecule has 0 unspecified atom stereocenters. The highest BCUT2D eigenvalue weighted by atomic mass is 31.2. The van der Waals surface area contributed by atoms with Crippen molar-refractivity contribution in [3.63, 3.8) is 0 Å². The Morgan fingerprint density at radius 2 is 1.91 bits per heavy atom. The lowest BCUT2D eigenvalue weighted by Gasteiger charge is -2.30. The highest BCUT2D eigenvalue weighted by Crippen LogP contribution is 2.48. The van der Waals surface area contributed by atoms with Gasteiger partial charge in [-0.05, 0) is 38.0 Å². The van der Waals surface area contributed by atoms with Gasteiger partial charge in [0.15, 0.2) is 17.1 Å². The summed E-state index contributed by atoms with van der Waals surface area (Å²) in [5.74, 6) is 2.22. The highest BCUT2D eigenvalue weighted by Gasteiger charge is 2.50. The summed E-state index contributed by atoms with van der Waals surface area (Å²) < 4.78 is 39.3. The van der Waals surface area contributed by atoms with Gasteiger partial charge < -0.3 is 24.8 Å². The predicted octanol–water partition coefficient (Wildman–Crippen LogP) is 3.42. The number of benzene rings is 2. The molecule has 0 bridgehead atoms. The first-order valence-corrected chi connectivity index (χ1v) is 15.4. The molecule has 1 fully saturated rings. The summed E-state index contributed by atoms with van der Waals surface area (Å²) in [5.41, 5.74) is 5.70. The van der Waals surface area contributed by atoms with Crippen molar-refractivity contribution >= 4 is 30.7 Å². The zero-order valence-electron chi connectivity index (χ0n) is 24.1. The predicted molar refractivity (Wildman–Crippen MR) is 161 cm³/mol. The maximum atomic E-state index is 14.4. The van der Waals surface area contributed by atoms with Crippen LogP contribution in [0.2, 0.25) is 0 Å². The molecule has 2 aromatic carbocycles. The Bertz CT molecular complexity index is 1680. The van der Waals surface area contributed by atoms with E-state index in [0.29, 0.717) is 11.2 Å². The van der Waals surface area contributed by atoms with Crippen LogP contribution in [-0.2, 0) is 29.8 Å². The van der Waals surface area contributed by atoms with Gasteiger partial charge in [-0.15, -0.1) is 6.42 Å². The van der Waals surface area contributed by atoms with E-state index in [1.807, 2.05) is 30.3 Å². The minimum Gasteiger partial charge on any atom is -0.462 e. The first kappa shape index (κ1) is 31.1. The van der Waals surface area contributed by atoms with E-state index in [9.17, 15) is 14.5 Å². The normalized spacial score (nSPS) is 21.9. The fraction of sp³-hybridized carbons (Fsp3) is 0.333. The SMILES string of the molecule is C#C[C@]1(CO[P@@](=O)(N[C@@H](Cc2ccccc2)C(=O)OC(C)C)Oc2ccccc2)O[C@@H](n2cnc3c(N)ncnc32)C[C@@H]1O. The van der Waals surface area contributed by atoms with Gasteiger partial charge in [0.25, 0.3) is 0 Å². The van der Waals surface area contributed by atoms with E-state index in [1.165, 1.54) is 12.7 Å². The van der Waals surface area contributed by atoms with Gasteiger partial charge in [-0.1, -0.05) is 54.5 Å². The van der Waals surface area contributed by atoms with E-state index in [-0.39, 0.29) is 24.4 Å². The van der Waals surface area contributed by atoms with Gasteiger partial charge in [0.05, 0.1) is 12.4 Å². The molecule has 1 aliphatic heterocycles. The summed E-state index contributed by atoms with van der Waals surface area (Å²) >= 11 is 0. The minimum absolute atomic E-state index is 0.0392. The number of ether oxygens (including phenoxy) is 2. The third kappa shape index (κ3) is 6.91. The van der Waals surface area contributed by atoms with Gasteiger partial charge in [0.2, 0.25) is 0 Å². The number of nitrogen functional groups attached to an aromatic ring is 1. The molecule has 4 N–H and O–H groups in total. The molecule has 3 heterocycles. The third-order valence-electron chi connectivity index (χ3n) is 6.90. The van der Waals surface area contributed by atoms with Crippen LogP contribution in [0.3, 0.4) is 0 Å². The number of terminal acetylenes is 1. The number of fused-ring (bicyclic) bond motifs is 1. The van der Waals surface area contributed by atoms with Gasteiger partial charge in [-0.2, -0.15) is 5.09 Å². The summed E-state index contributed by atoms with van der Waals surface area (Å²) in [6.45, 7) is 2.87. The fourth-order valence-corrected chi connectivity index (χ4v) is 6.25. The van der Waals surface area contributed by atoms with Crippen LogP contribution in [-0.4, -0.2) is 61.1 Å². The number of esters is 1. The second kappa shape index (κ2) is 13.1. The van der Waals surface area contributed by atoms with Gasteiger partial charge in [-0.3, -0.25) is 13.9 Å². The molecule has 5 atom stereocenters. The minimum atomic E-state index is -4.39. The number of nitrogens with zero attached hydrogens (tertiary/aromatic N) is 4. The van der Waals surface area contributed by atoms with Crippen molar-refractivity contribution in [1.82, 2.24) is 24.6 Å². The van der Waals surface area contributed by atoms with E-state index in [0.717, 1.165) is 5.56 Å². The summed E-state index contributed by atoms with van der Waals surface area (Å²) in [7, 11) is -4.39. The zero-order chi connectivity index (χ0) is 31.3. The molecule has 0 aliphatic carbocycles. The van der Waals surface area contributed by atoms with Crippen molar-refractivity contribution in [2.24, 2.45) is 0 Å². The van der Waals surface area contributed by atoms with Crippen LogP contribution >= 0.6 is 7.75 Å². The Kier molecular flexibility index (Phi) is 9.29. The Labute approximate surface area is 254 Å². The van der Waals surface area contributed by atoms with Crippen LogP contribution in [0.5, 0.6) is 5.75 Å². The van der Waals surface area contributed by atoms with E-state index >= 15 is 0 Å². The highest BCUT2D eigenvalue weighted by molar-refractivity contribution is 7.52. The van der Waals surface area contributed by atoms with Gasteiger partial charge in [0.1, 0.15) is 42.6 Å². The largest absolute Gasteiger partial charge is 0.462 e. The summed E-state index contributed by atoms with van der Waals surface area (Å²) in [5, 5.41) is 13.9. The second-order valence-electron chi connectivity index (χ2n) is 10.5. The lowest BCUT2D eigenvalue weighted by Crippen LogP contribution is -2.44. The number of carbonyl (C=O) groups excluding carboxylic acids is 1. The van der Waals surface area contributed by atoms with Crippen LogP contribution in [0.4, 0.5) is 5.82 Å². The van der Waals surface area contributed by atoms with Gasteiger partial charge >= 0.3 is 13.7 Å². The van der Waals surface area contributed by atoms with Crippen molar-refractivity contribution in [3.05, 3.63) is 78.9 Å². The smallest absolute Gasteiger partial charge is 0.459 e. The van der Waals surface area contributed by atoms with Crippen molar-refractivity contribution in [2.45, 2.75) is 56.8 Å². The molecule has 5 rings (SSSR count). The Morgan fingerprint density at radius 1 is 1.20 bits per heavy atom. The Balaban J connectivity index is 1.41. The lowest BCUT2D eigenvalue weighted by atomic mass is 9.99. The van der Waals surface area contributed by atoms with Crippen LogP contribution < -0.4 is 15.3 Å². The number of nitrogens with two attached hydrogens (primary N) is 1. The molecule has 44 heavy (non-hydrogen) atoms. The Morgan fingerprint density at radius 3 is 2.59 bits per heavy atom. The number of nitrogens with one attached hydrogen (secondary N) is 1. The third-order valence-corrected chi connectivity index (χ3v) is 8.45. The van der Waals surface area contributed by atoms with E-state index in [1.54, 1.807) is 48.7 Å². The fourth-order valence-electron chi connectivity index (χ4n) is 4.73. The number of carbonyl (C=O) groups is 1. The molecule has 0 radical (unpaired) electrons. The molecule has 13 nitrogen and oxygen atoms in total. The molecule has 230 valence electrons. The number of aliphatic hydroxyl groups excluding tert-OH is 1. The maximum Gasteiger partial charge on any atom is 0.459 e. The zero-order valence-corrected chi connectivity index (χ0v) is 25.0. The van der Waals surface area contributed by atoms with Gasteiger partial charge in [0, 0.05) is 6.42 Å². The standard InChI is InChI=1S/C30H33N6O7P/c1-4-30(24(37)16-25(42-30)36-19-34-26-27(31)32-18-33-28(26)36)17-40-44(39,43-22-13-9-6-10-14-22)35-23(29(38)41-20(2)3)15-21-11-7-5-8-12-21/h1,5-14,18-20,23-25,37H,15-17H2,2-3H3,(H,35,39)(H2,31,32,33)/t23-,24-,25+,30+,44-/m0/s1. The summed E-state index contributed by atoms with van der Waals surface area (Å²) in [6, 6.07) is 16.3. The molecular formula is C30H33N6O7P. The molecule has 14 heteroatoms. The number of aromatic nitrogens is 4. The molecule has 0 amide bonds. The monoisotopic (exact) mass is 620 g/mol. The maximum absolute atomic E-state index is 14.4. The van der Waals surface area contributed by atoms with Gasteiger partial charge in [-0.25, -0.2) is 19.5 Å². The molecular weight excluding hydrogens is 587 g/mol. The van der Waals surface area contributed by atoms with Crippen LogP contribution in [0, 0.1) is 12.3 Å². The number of hydrogen-bond donors (Lipinski definition) is 3. The molecule has 0 saturated carbocycles. The van der Waals surface area contributed by atoms with E-state index in [4.69, 9.17) is 30.7 Å². The first-order chi connectivity index (χ1) is 21.1. The van der Waals surface area contributed by atoms with Crippen molar-refractivity contribution in [1.29, 1.82) is 0 Å². The number of para-hydroxylation sites is 1. The quantitative estimate of drug-likeness (QED) is 0.120.